The van der Waals surface area contributed by atoms with Crippen molar-refractivity contribution in [2.24, 2.45) is 0 Å². The van der Waals surface area contributed by atoms with Crippen LogP contribution in [0.5, 0.6) is 5.75 Å². The first kappa shape index (κ1) is 23.0. The molecule has 0 aliphatic heterocycles. The van der Waals surface area contributed by atoms with Crippen molar-refractivity contribution in [1.29, 1.82) is 0 Å². The van der Waals surface area contributed by atoms with Crippen LogP contribution in [0.25, 0.3) is 0 Å². The van der Waals surface area contributed by atoms with Crippen molar-refractivity contribution >= 4 is 44.8 Å². The fourth-order valence-corrected chi connectivity index (χ4v) is 4.24. The van der Waals surface area contributed by atoms with Crippen LogP contribution in [0, 0.1) is 5.82 Å². The van der Waals surface area contributed by atoms with Gasteiger partial charge in [0.15, 0.2) is 0 Å². The van der Waals surface area contributed by atoms with E-state index in [-0.39, 0.29) is 27.2 Å². The average Bonchev–Trinajstić information content (AvgIpc) is 2.72. The number of hydrogen-bond donors (Lipinski definition) is 2. The summed E-state index contributed by atoms with van der Waals surface area (Å²) in [4.78, 5) is 12.3. The maximum Gasteiger partial charge on any atom is 0.258 e. The molecule has 3 rings (SSSR count). The van der Waals surface area contributed by atoms with Crippen molar-refractivity contribution in [3.8, 4) is 5.75 Å². The molecule has 0 saturated carbocycles. The van der Waals surface area contributed by atoms with E-state index < -0.39 is 27.3 Å². The van der Waals surface area contributed by atoms with E-state index in [9.17, 15) is 17.6 Å². The number of anilines is 1. The maximum atomic E-state index is 14.3. The van der Waals surface area contributed by atoms with E-state index in [0.717, 1.165) is 18.2 Å². The van der Waals surface area contributed by atoms with Crippen molar-refractivity contribution in [2.75, 3.05) is 12.4 Å². The molecule has 3 aromatic carbocycles. The van der Waals surface area contributed by atoms with Crippen molar-refractivity contribution in [3.63, 3.8) is 0 Å². The second kappa shape index (κ2) is 9.65. The molecule has 2 N–H and O–H groups in total. The van der Waals surface area contributed by atoms with Gasteiger partial charge >= 0.3 is 0 Å². The molecule has 162 valence electrons. The van der Waals surface area contributed by atoms with Crippen molar-refractivity contribution < 1.29 is 22.3 Å². The van der Waals surface area contributed by atoms with Crippen LogP contribution in [0.1, 0.15) is 15.9 Å². The maximum absolute atomic E-state index is 14.3. The SMILES string of the molecule is COc1ccc(CNS(=O)(=O)c2ccc(F)c(C(=O)Nc3cc(Cl)cc(Cl)c3)c2)cc1. The molecular weight excluding hydrogens is 466 g/mol. The third-order valence-corrected chi connectivity index (χ3v) is 6.07. The van der Waals surface area contributed by atoms with Gasteiger partial charge in [0, 0.05) is 22.3 Å². The minimum absolute atomic E-state index is 0.00620. The Morgan fingerprint density at radius 3 is 2.26 bits per heavy atom. The number of carbonyl (C=O) groups excluding carboxylic acids is 1. The number of halogens is 3. The number of benzene rings is 3. The average molecular weight is 483 g/mol. The Labute approximate surface area is 189 Å². The van der Waals surface area contributed by atoms with Gasteiger partial charge in [0.2, 0.25) is 10.0 Å². The molecule has 10 heteroatoms. The van der Waals surface area contributed by atoms with Gasteiger partial charge in [0.25, 0.3) is 5.91 Å². The lowest BCUT2D eigenvalue weighted by Crippen LogP contribution is -2.24. The molecule has 1 amide bonds. The van der Waals surface area contributed by atoms with Gasteiger partial charge in [0.05, 0.1) is 17.6 Å². The molecule has 0 bridgehead atoms. The summed E-state index contributed by atoms with van der Waals surface area (Å²) < 4.78 is 47.0. The van der Waals surface area contributed by atoms with E-state index in [4.69, 9.17) is 27.9 Å². The van der Waals surface area contributed by atoms with Gasteiger partial charge < -0.3 is 10.1 Å². The lowest BCUT2D eigenvalue weighted by molar-refractivity contribution is 0.102. The van der Waals surface area contributed by atoms with Crippen molar-refractivity contribution in [2.45, 2.75) is 11.4 Å². The molecule has 3 aromatic rings. The highest BCUT2D eigenvalue weighted by Gasteiger charge is 2.20. The van der Waals surface area contributed by atoms with Gasteiger partial charge in [-0.05, 0) is 54.1 Å². The van der Waals surface area contributed by atoms with Gasteiger partial charge in [-0.1, -0.05) is 35.3 Å². The standard InChI is InChI=1S/C21H17Cl2FN2O4S/c1-30-17-4-2-13(3-5-17)12-25-31(28,29)18-6-7-20(24)19(11-18)21(27)26-16-9-14(22)8-15(23)10-16/h2-11,25H,12H2,1H3,(H,26,27). The number of rotatable bonds is 7. The second-order valence-corrected chi connectivity index (χ2v) is 9.07. The minimum atomic E-state index is -4.00. The summed E-state index contributed by atoms with van der Waals surface area (Å²) in [5.41, 5.74) is 0.499. The number of nitrogens with one attached hydrogen (secondary N) is 2. The largest absolute Gasteiger partial charge is 0.497 e. The highest BCUT2D eigenvalue weighted by Crippen LogP contribution is 2.24. The fraction of sp³-hybridized carbons (Fsp3) is 0.0952. The molecule has 0 atom stereocenters. The number of hydrogen-bond acceptors (Lipinski definition) is 4. The monoisotopic (exact) mass is 482 g/mol. The summed E-state index contributed by atoms with van der Waals surface area (Å²) in [5.74, 6) is -1.08. The van der Waals surface area contributed by atoms with Gasteiger partial charge in [-0.2, -0.15) is 0 Å². The van der Waals surface area contributed by atoms with E-state index in [1.54, 1.807) is 24.3 Å². The van der Waals surface area contributed by atoms with E-state index in [2.05, 4.69) is 10.0 Å². The van der Waals surface area contributed by atoms with Gasteiger partial charge in [-0.3, -0.25) is 4.79 Å². The summed E-state index contributed by atoms with van der Waals surface area (Å²) in [6.45, 7) is 0.00620. The zero-order chi connectivity index (χ0) is 22.6. The van der Waals surface area contributed by atoms with Crippen LogP contribution in [0.4, 0.5) is 10.1 Å². The van der Waals surface area contributed by atoms with Gasteiger partial charge in [-0.25, -0.2) is 17.5 Å². The number of ether oxygens (including phenoxy) is 1. The minimum Gasteiger partial charge on any atom is -0.497 e. The highest BCUT2D eigenvalue weighted by atomic mass is 35.5. The molecule has 6 nitrogen and oxygen atoms in total. The smallest absolute Gasteiger partial charge is 0.258 e. The zero-order valence-electron chi connectivity index (χ0n) is 16.2. The number of methoxy groups -OCH3 is 1. The summed E-state index contributed by atoms with van der Waals surface area (Å²) in [7, 11) is -2.47. The third kappa shape index (κ3) is 5.95. The van der Waals surface area contributed by atoms with Gasteiger partial charge in [0.1, 0.15) is 11.6 Å². The Bertz CT molecular complexity index is 1200. The Kier molecular flexibility index (Phi) is 7.17. The summed E-state index contributed by atoms with van der Waals surface area (Å²) in [6.07, 6.45) is 0. The Hall–Kier alpha value is -2.65. The van der Waals surface area contributed by atoms with Crippen LogP contribution in [0.2, 0.25) is 10.0 Å². The first-order valence-corrected chi connectivity index (χ1v) is 11.1. The second-order valence-electron chi connectivity index (χ2n) is 6.43. The van der Waals surface area contributed by atoms with Crippen LogP contribution in [0.3, 0.4) is 0 Å². The normalized spacial score (nSPS) is 11.2. The summed E-state index contributed by atoms with van der Waals surface area (Å²) >= 11 is 11.8. The third-order valence-electron chi connectivity index (χ3n) is 4.24. The predicted octanol–water partition coefficient (Wildman–Crippen LogP) is 4.87. The van der Waals surface area contributed by atoms with Crippen molar-refractivity contribution in [1.82, 2.24) is 4.72 Å². The van der Waals surface area contributed by atoms with E-state index in [1.807, 2.05) is 0 Å². The van der Waals surface area contributed by atoms with Crippen LogP contribution >= 0.6 is 23.2 Å². The molecule has 0 radical (unpaired) electrons. The molecule has 0 saturated heterocycles. The molecule has 0 aromatic heterocycles. The molecule has 0 heterocycles. The Morgan fingerprint density at radius 2 is 1.65 bits per heavy atom. The molecule has 0 unspecified atom stereocenters. The lowest BCUT2D eigenvalue weighted by Gasteiger charge is -2.11. The topological polar surface area (TPSA) is 84.5 Å². The first-order chi connectivity index (χ1) is 14.7. The van der Waals surface area contributed by atoms with Gasteiger partial charge in [-0.15, -0.1) is 0 Å². The molecular formula is C21H17Cl2FN2O4S. The number of sulfonamides is 1. The highest BCUT2D eigenvalue weighted by molar-refractivity contribution is 7.89. The number of amides is 1. The predicted molar refractivity (Wildman–Crippen MR) is 118 cm³/mol. The fourth-order valence-electron chi connectivity index (χ4n) is 2.68. The van der Waals surface area contributed by atoms with Crippen LogP contribution in [0.15, 0.2) is 65.6 Å². The van der Waals surface area contributed by atoms with Crippen molar-refractivity contribution in [3.05, 3.63) is 87.7 Å². The lowest BCUT2D eigenvalue weighted by atomic mass is 10.2. The summed E-state index contributed by atoms with van der Waals surface area (Å²) in [5, 5.41) is 3.01. The zero-order valence-corrected chi connectivity index (χ0v) is 18.5. The first-order valence-electron chi connectivity index (χ1n) is 8.87. The molecule has 31 heavy (non-hydrogen) atoms. The van der Waals surface area contributed by atoms with E-state index in [1.165, 1.54) is 25.3 Å². The Balaban J connectivity index is 1.78. The van der Waals surface area contributed by atoms with Crippen LogP contribution in [-0.2, 0) is 16.6 Å². The van der Waals surface area contributed by atoms with E-state index in [0.29, 0.717) is 11.3 Å². The molecule has 0 aliphatic carbocycles. The number of carbonyl (C=O) groups is 1. The van der Waals surface area contributed by atoms with E-state index >= 15 is 0 Å². The molecule has 0 aliphatic rings. The Morgan fingerprint density at radius 1 is 1.00 bits per heavy atom. The van der Waals surface area contributed by atoms with Crippen LogP contribution in [-0.4, -0.2) is 21.4 Å². The molecule has 0 fully saturated rings. The van der Waals surface area contributed by atoms with Crippen LogP contribution < -0.4 is 14.8 Å². The molecule has 0 spiro atoms. The summed E-state index contributed by atoms with van der Waals surface area (Å²) in [6, 6.07) is 14.1. The quantitative estimate of drug-likeness (QED) is 0.502.